The molecule has 1 atom stereocenters. The molecular formula is C16H17ClN2O. The Morgan fingerprint density at radius 2 is 2.00 bits per heavy atom. The molecule has 1 aromatic heterocycles. The molecule has 1 N–H and O–H groups in total. The molecule has 0 unspecified atom stereocenters. The summed E-state index contributed by atoms with van der Waals surface area (Å²) in [6.45, 7) is 3.93. The molecule has 2 aromatic rings. The van der Waals surface area contributed by atoms with E-state index in [1.54, 1.807) is 12.1 Å². The summed E-state index contributed by atoms with van der Waals surface area (Å²) in [6.07, 6.45) is 0.745. The first-order valence-corrected chi connectivity index (χ1v) is 7.00. The van der Waals surface area contributed by atoms with Gasteiger partial charge in [0.25, 0.3) is 5.91 Å². The lowest BCUT2D eigenvalue weighted by atomic mass is 10.1. The average molecular weight is 289 g/mol. The van der Waals surface area contributed by atoms with Crippen LogP contribution in [-0.2, 0) is 6.42 Å². The number of nitrogens with one attached hydrogen (secondary N) is 1. The van der Waals surface area contributed by atoms with Gasteiger partial charge in [0.15, 0.2) is 0 Å². The van der Waals surface area contributed by atoms with Gasteiger partial charge in [-0.25, -0.2) is 4.98 Å². The van der Waals surface area contributed by atoms with Crippen LogP contribution in [-0.4, -0.2) is 10.9 Å². The second-order valence-electron chi connectivity index (χ2n) is 4.63. The number of rotatable bonds is 4. The molecular weight excluding hydrogens is 272 g/mol. The standard InChI is InChI=1S/C16H17ClN2O/c1-3-14-9-13(10-15(17)19-14)16(20)18-11(2)12-7-5-4-6-8-12/h4-11H,3H2,1-2H3,(H,18,20)/t11-/m0/s1. The fraction of sp³-hybridized carbons (Fsp3) is 0.250. The van der Waals surface area contributed by atoms with E-state index in [4.69, 9.17) is 11.6 Å². The lowest BCUT2D eigenvalue weighted by Crippen LogP contribution is -2.26. The molecule has 1 amide bonds. The maximum Gasteiger partial charge on any atom is 0.251 e. The molecule has 1 aromatic carbocycles. The molecule has 20 heavy (non-hydrogen) atoms. The second kappa shape index (κ2) is 6.53. The van der Waals surface area contributed by atoms with E-state index in [9.17, 15) is 4.79 Å². The van der Waals surface area contributed by atoms with E-state index < -0.39 is 0 Å². The third kappa shape index (κ3) is 3.58. The third-order valence-corrected chi connectivity index (χ3v) is 3.31. The van der Waals surface area contributed by atoms with Gasteiger partial charge in [0.2, 0.25) is 0 Å². The highest BCUT2D eigenvalue weighted by Crippen LogP contribution is 2.15. The summed E-state index contributed by atoms with van der Waals surface area (Å²) in [7, 11) is 0. The zero-order chi connectivity index (χ0) is 14.5. The van der Waals surface area contributed by atoms with Crippen molar-refractivity contribution in [3.8, 4) is 0 Å². The lowest BCUT2D eigenvalue weighted by Gasteiger charge is -2.14. The number of hydrogen-bond acceptors (Lipinski definition) is 2. The maximum absolute atomic E-state index is 12.3. The number of carbonyl (C=O) groups is 1. The summed E-state index contributed by atoms with van der Waals surface area (Å²) >= 11 is 5.94. The summed E-state index contributed by atoms with van der Waals surface area (Å²) in [5, 5.41) is 3.31. The molecule has 1 heterocycles. The van der Waals surface area contributed by atoms with Crippen molar-refractivity contribution < 1.29 is 4.79 Å². The Hall–Kier alpha value is -1.87. The van der Waals surface area contributed by atoms with Crippen LogP contribution in [0, 0.1) is 0 Å². The number of aryl methyl sites for hydroxylation is 1. The van der Waals surface area contributed by atoms with Gasteiger partial charge < -0.3 is 5.32 Å². The van der Waals surface area contributed by atoms with Crippen molar-refractivity contribution >= 4 is 17.5 Å². The van der Waals surface area contributed by atoms with Crippen molar-refractivity contribution in [1.82, 2.24) is 10.3 Å². The van der Waals surface area contributed by atoms with Gasteiger partial charge in [-0.1, -0.05) is 48.9 Å². The first-order chi connectivity index (χ1) is 9.60. The van der Waals surface area contributed by atoms with Gasteiger partial charge in [0.1, 0.15) is 5.15 Å². The summed E-state index contributed by atoms with van der Waals surface area (Å²) in [5.41, 5.74) is 2.43. The van der Waals surface area contributed by atoms with Gasteiger partial charge in [-0.05, 0) is 31.0 Å². The molecule has 0 saturated heterocycles. The first kappa shape index (κ1) is 14.5. The zero-order valence-corrected chi connectivity index (χ0v) is 12.3. The van der Waals surface area contributed by atoms with Crippen molar-refractivity contribution in [1.29, 1.82) is 0 Å². The van der Waals surface area contributed by atoms with Crippen LogP contribution >= 0.6 is 11.6 Å². The van der Waals surface area contributed by atoms with Crippen molar-refractivity contribution in [3.05, 3.63) is 64.4 Å². The lowest BCUT2D eigenvalue weighted by molar-refractivity contribution is 0.0939. The molecule has 3 nitrogen and oxygen atoms in total. The highest BCUT2D eigenvalue weighted by Gasteiger charge is 2.12. The number of nitrogens with zero attached hydrogens (tertiary/aromatic N) is 1. The van der Waals surface area contributed by atoms with Crippen LogP contribution in [0.2, 0.25) is 5.15 Å². The molecule has 0 spiro atoms. The Bertz CT molecular complexity index is 599. The number of aromatic nitrogens is 1. The van der Waals surface area contributed by atoms with E-state index in [0.717, 1.165) is 17.7 Å². The van der Waals surface area contributed by atoms with E-state index in [-0.39, 0.29) is 11.9 Å². The van der Waals surface area contributed by atoms with Crippen molar-refractivity contribution in [2.75, 3.05) is 0 Å². The maximum atomic E-state index is 12.3. The van der Waals surface area contributed by atoms with Gasteiger partial charge in [0, 0.05) is 11.3 Å². The van der Waals surface area contributed by atoms with E-state index in [0.29, 0.717) is 10.7 Å². The quantitative estimate of drug-likeness (QED) is 0.870. The fourth-order valence-corrected chi connectivity index (χ4v) is 2.19. The normalized spacial score (nSPS) is 11.9. The molecule has 0 aliphatic heterocycles. The number of hydrogen-bond donors (Lipinski definition) is 1. The monoisotopic (exact) mass is 288 g/mol. The summed E-state index contributed by atoms with van der Waals surface area (Å²) < 4.78 is 0. The van der Waals surface area contributed by atoms with Crippen molar-refractivity contribution in [2.45, 2.75) is 26.3 Å². The smallest absolute Gasteiger partial charge is 0.251 e. The molecule has 0 aliphatic carbocycles. The van der Waals surface area contributed by atoms with E-state index >= 15 is 0 Å². The number of amides is 1. The molecule has 4 heteroatoms. The fourth-order valence-electron chi connectivity index (χ4n) is 1.97. The van der Waals surface area contributed by atoms with Crippen LogP contribution in [0.25, 0.3) is 0 Å². The summed E-state index contributed by atoms with van der Waals surface area (Å²) in [6, 6.07) is 13.2. The van der Waals surface area contributed by atoms with Gasteiger partial charge in [0.05, 0.1) is 6.04 Å². The highest BCUT2D eigenvalue weighted by molar-refractivity contribution is 6.29. The molecule has 0 radical (unpaired) electrons. The van der Waals surface area contributed by atoms with Crippen molar-refractivity contribution in [3.63, 3.8) is 0 Å². The zero-order valence-electron chi connectivity index (χ0n) is 11.6. The Morgan fingerprint density at radius 1 is 1.30 bits per heavy atom. The predicted molar refractivity (Wildman–Crippen MR) is 80.9 cm³/mol. The predicted octanol–water partition coefficient (Wildman–Crippen LogP) is 3.79. The summed E-state index contributed by atoms with van der Waals surface area (Å²) in [5.74, 6) is -0.139. The molecule has 2 rings (SSSR count). The average Bonchev–Trinajstić information content (AvgIpc) is 2.47. The Kier molecular flexibility index (Phi) is 4.74. The Labute approximate surface area is 124 Å². The van der Waals surface area contributed by atoms with Crippen LogP contribution < -0.4 is 5.32 Å². The minimum Gasteiger partial charge on any atom is -0.346 e. The number of carbonyl (C=O) groups excluding carboxylic acids is 1. The Balaban J connectivity index is 2.14. The van der Waals surface area contributed by atoms with Crippen molar-refractivity contribution in [2.24, 2.45) is 0 Å². The third-order valence-electron chi connectivity index (χ3n) is 3.12. The van der Waals surface area contributed by atoms with Crippen LogP contribution in [0.5, 0.6) is 0 Å². The molecule has 0 saturated carbocycles. The van der Waals surface area contributed by atoms with Gasteiger partial charge >= 0.3 is 0 Å². The SMILES string of the molecule is CCc1cc(C(=O)N[C@@H](C)c2ccccc2)cc(Cl)n1. The molecule has 0 fully saturated rings. The first-order valence-electron chi connectivity index (χ1n) is 6.62. The largest absolute Gasteiger partial charge is 0.346 e. The van der Waals surface area contributed by atoms with Gasteiger partial charge in [-0.15, -0.1) is 0 Å². The number of halogens is 1. The molecule has 0 bridgehead atoms. The topological polar surface area (TPSA) is 42.0 Å². The van der Waals surface area contributed by atoms with Crippen LogP contribution in [0.4, 0.5) is 0 Å². The van der Waals surface area contributed by atoms with Crippen LogP contribution in [0.1, 0.15) is 41.5 Å². The second-order valence-corrected chi connectivity index (χ2v) is 5.02. The van der Waals surface area contributed by atoms with Crippen LogP contribution in [0.15, 0.2) is 42.5 Å². The minimum absolute atomic E-state index is 0.0549. The van der Waals surface area contributed by atoms with E-state index in [1.807, 2.05) is 44.2 Å². The van der Waals surface area contributed by atoms with E-state index in [2.05, 4.69) is 10.3 Å². The highest BCUT2D eigenvalue weighted by atomic mass is 35.5. The molecule has 0 aliphatic rings. The van der Waals surface area contributed by atoms with Gasteiger partial charge in [-0.2, -0.15) is 0 Å². The number of pyridine rings is 1. The molecule has 104 valence electrons. The number of benzene rings is 1. The minimum atomic E-state index is -0.139. The van der Waals surface area contributed by atoms with Gasteiger partial charge in [-0.3, -0.25) is 4.79 Å². The summed E-state index contributed by atoms with van der Waals surface area (Å²) in [4.78, 5) is 16.4. The van der Waals surface area contributed by atoms with Crippen LogP contribution in [0.3, 0.4) is 0 Å². The Morgan fingerprint density at radius 3 is 2.65 bits per heavy atom. The van der Waals surface area contributed by atoms with E-state index in [1.165, 1.54) is 0 Å².